The van der Waals surface area contributed by atoms with Gasteiger partial charge in [-0.15, -0.1) is 0 Å². The summed E-state index contributed by atoms with van der Waals surface area (Å²) in [5, 5.41) is 0. The third kappa shape index (κ3) is 2.68. The Kier molecular flexibility index (Phi) is 3.63. The third-order valence-corrected chi connectivity index (χ3v) is 3.64. The molecule has 1 saturated heterocycles. The van der Waals surface area contributed by atoms with Crippen LogP contribution in [0.4, 0.5) is 0 Å². The van der Waals surface area contributed by atoms with Crippen LogP contribution in [-0.2, 0) is 6.54 Å². The molecule has 2 heterocycles. The van der Waals surface area contributed by atoms with Gasteiger partial charge in [0.1, 0.15) is 0 Å². The predicted molar refractivity (Wildman–Crippen MR) is 69.6 cm³/mol. The van der Waals surface area contributed by atoms with Crippen molar-refractivity contribution in [2.45, 2.75) is 38.8 Å². The van der Waals surface area contributed by atoms with Gasteiger partial charge in [0.25, 0.3) is 5.91 Å². The monoisotopic (exact) mass is 248 g/mol. The highest BCUT2D eigenvalue weighted by molar-refractivity contribution is 5.93. The number of carbonyl (C=O) groups excluding carboxylic acids is 1. The summed E-state index contributed by atoms with van der Waals surface area (Å²) in [4.78, 5) is 18.0. The van der Waals surface area contributed by atoms with Gasteiger partial charge in [-0.25, -0.2) is 5.84 Å². The lowest BCUT2D eigenvalue weighted by Gasteiger charge is -2.31. The molecule has 3 N–H and O–H groups in total. The van der Waals surface area contributed by atoms with Gasteiger partial charge in [-0.1, -0.05) is 0 Å². The molecule has 2 rings (SSSR count). The standard InChI is InChI=1S/C13H20N4O/c1-13(2)6-3-7-17(13)9-11-5-4-10(8-15-11)12(18)16-14/h4-5,8H,3,6-7,9,14H2,1-2H3,(H,16,18). The summed E-state index contributed by atoms with van der Waals surface area (Å²) in [6, 6.07) is 3.65. The Hall–Kier alpha value is -1.46. The van der Waals surface area contributed by atoms with Gasteiger partial charge in [0.15, 0.2) is 0 Å². The van der Waals surface area contributed by atoms with E-state index >= 15 is 0 Å². The summed E-state index contributed by atoms with van der Waals surface area (Å²) in [6.45, 7) is 6.46. The average molecular weight is 248 g/mol. The molecule has 0 unspecified atom stereocenters. The fourth-order valence-corrected chi connectivity index (χ4v) is 2.39. The van der Waals surface area contributed by atoms with Crippen molar-refractivity contribution in [3.8, 4) is 0 Å². The molecule has 0 atom stereocenters. The molecule has 0 bridgehead atoms. The summed E-state index contributed by atoms with van der Waals surface area (Å²) in [6.07, 6.45) is 4.03. The molecule has 98 valence electrons. The van der Waals surface area contributed by atoms with E-state index in [0.717, 1.165) is 18.8 Å². The number of likely N-dealkylation sites (tertiary alicyclic amines) is 1. The van der Waals surface area contributed by atoms with Gasteiger partial charge in [0, 0.05) is 18.3 Å². The van der Waals surface area contributed by atoms with E-state index in [-0.39, 0.29) is 11.4 Å². The number of nitrogens with one attached hydrogen (secondary N) is 1. The van der Waals surface area contributed by atoms with Crippen LogP contribution in [0.2, 0.25) is 0 Å². The highest BCUT2D eigenvalue weighted by Gasteiger charge is 2.31. The first kappa shape index (κ1) is 13.0. The zero-order chi connectivity index (χ0) is 13.2. The quantitative estimate of drug-likeness (QED) is 0.476. The minimum absolute atomic E-state index is 0.245. The van der Waals surface area contributed by atoms with Crippen molar-refractivity contribution in [3.63, 3.8) is 0 Å². The predicted octanol–water partition coefficient (Wildman–Crippen LogP) is 1.06. The van der Waals surface area contributed by atoms with Crippen molar-refractivity contribution < 1.29 is 4.79 Å². The lowest BCUT2D eigenvalue weighted by atomic mass is 10.0. The number of amides is 1. The summed E-state index contributed by atoms with van der Waals surface area (Å²) in [5.41, 5.74) is 3.82. The van der Waals surface area contributed by atoms with E-state index in [2.05, 4.69) is 29.2 Å². The number of hydrazine groups is 1. The molecule has 0 radical (unpaired) electrons. The van der Waals surface area contributed by atoms with Crippen LogP contribution < -0.4 is 11.3 Å². The second-order valence-electron chi connectivity index (χ2n) is 5.35. The molecule has 1 aromatic rings. The number of hydrogen-bond donors (Lipinski definition) is 2. The van der Waals surface area contributed by atoms with Crippen LogP contribution in [0.5, 0.6) is 0 Å². The van der Waals surface area contributed by atoms with Crippen LogP contribution in [0.1, 0.15) is 42.7 Å². The average Bonchev–Trinajstić information content (AvgIpc) is 2.69. The molecule has 1 fully saturated rings. The Labute approximate surface area is 107 Å². The molecular formula is C13H20N4O. The smallest absolute Gasteiger partial charge is 0.266 e. The van der Waals surface area contributed by atoms with Crippen molar-refractivity contribution in [2.75, 3.05) is 6.54 Å². The Bertz CT molecular complexity index is 427. The van der Waals surface area contributed by atoms with Gasteiger partial charge < -0.3 is 0 Å². The minimum atomic E-state index is -0.310. The maximum atomic E-state index is 11.3. The first-order valence-corrected chi connectivity index (χ1v) is 6.24. The molecule has 0 aliphatic carbocycles. The number of aromatic nitrogens is 1. The molecule has 5 nitrogen and oxygen atoms in total. The summed E-state index contributed by atoms with van der Waals surface area (Å²) in [5.74, 6) is 4.76. The van der Waals surface area contributed by atoms with Crippen molar-refractivity contribution >= 4 is 5.91 Å². The second kappa shape index (κ2) is 5.04. The van der Waals surface area contributed by atoms with Crippen LogP contribution >= 0.6 is 0 Å². The molecule has 1 aliphatic rings. The van der Waals surface area contributed by atoms with E-state index in [1.807, 2.05) is 6.07 Å². The highest BCUT2D eigenvalue weighted by atomic mass is 16.2. The van der Waals surface area contributed by atoms with Crippen molar-refractivity contribution in [1.82, 2.24) is 15.3 Å². The minimum Gasteiger partial charge on any atom is -0.292 e. The number of nitrogens with zero attached hydrogens (tertiary/aromatic N) is 2. The van der Waals surface area contributed by atoms with Crippen molar-refractivity contribution in [2.24, 2.45) is 5.84 Å². The zero-order valence-corrected chi connectivity index (χ0v) is 10.9. The molecular weight excluding hydrogens is 228 g/mol. The molecule has 0 spiro atoms. The second-order valence-corrected chi connectivity index (χ2v) is 5.35. The SMILES string of the molecule is CC1(C)CCCN1Cc1ccc(C(=O)NN)cn1. The summed E-state index contributed by atoms with van der Waals surface area (Å²) < 4.78 is 0. The Morgan fingerprint density at radius 3 is 2.83 bits per heavy atom. The maximum absolute atomic E-state index is 11.3. The van der Waals surface area contributed by atoms with E-state index < -0.39 is 0 Å². The number of nitrogens with two attached hydrogens (primary N) is 1. The lowest BCUT2D eigenvalue weighted by Crippen LogP contribution is -2.37. The highest BCUT2D eigenvalue weighted by Crippen LogP contribution is 2.29. The number of hydrogen-bond acceptors (Lipinski definition) is 4. The summed E-state index contributed by atoms with van der Waals surface area (Å²) in [7, 11) is 0. The topological polar surface area (TPSA) is 71.2 Å². The molecule has 1 amide bonds. The molecule has 0 aromatic carbocycles. The van der Waals surface area contributed by atoms with E-state index in [1.165, 1.54) is 12.8 Å². The maximum Gasteiger partial charge on any atom is 0.266 e. The van der Waals surface area contributed by atoms with Gasteiger partial charge >= 0.3 is 0 Å². The van der Waals surface area contributed by atoms with Crippen LogP contribution in [-0.4, -0.2) is 27.9 Å². The lowest BCUT2D eigenvalue weighted by molar-refractivity contribution is 0.0953. The van der Waals surface area contributed by atoms with Gasteiger partial charge in [0.05, 0.1) is 11.3 Å². The Morgan fingerprint density at radius 2 is 2.33 bits per heavy atom. The van der Waals surface area contributed by atoms with Crippen molar-refractivity contribution in [3.05, 3.63) is 29.6 Å². The summed E-state index contributed by atoms with van der Waals surface area (Å²) >= 11 is 0. The Balaban J connectivity index is 2.04. The van der Waals surface area contributed by atoms with Crippen LogP contribution in [0.3, 0.4) is 0 Å². The number of nitrogen functional groups attached to an aromatic ring is 1. The molecule has 0 saturated carbocycles. The van der Waals surface area contributed by atoms with Gasteiger partial charge in [0.2, 0.25) is 0 Å². The number of pyridine rings is 1. The van der Waals surface area contributed by atoms with Crippen molar-refractivity contribution in [1.29, 1.82) is 0 Å². The zero-order valence-electron chi connectivity index (χ0n) is 10.9. The number of carbonyl (C=O) groups is 1. The van der Waals surface area contributed by atoms with Gasteiger partial charge in [-0.3, -0.25) is 20.1 Å². The van der Waals surface area contributed by atoms with Crippen LogP contribution in [0.15, 0.2) is 18.3 Å². The van der Waals surface area contributed by atoms with Crippen LogP contribution in [0, 0.1) is 0 Å². The molecule has 1 aromatic heterocycles. The molecule has 1 aliphatic heterocycles. The fraction of sp³-hybridized carbons (Fsp3) is 0.538. The fourth-order valence-electron chi connectivity index (χ4n) is 2.39. The van der Waals surface area contributed by atoms with E-state index in [0.29, 0.717) is 5.56 Å². The molecule has 5 heteroatoms. The van der Waals surface area contributed by atoms with E-state index in [9.17, 15) is 4.79 Å². The molecule has 18 heavy (non-hydrogen) atoms. The normalized spacial score (nSPS) is 18.8. The van der Waals surface area contributed by atoms with E-state index in [1.54, 1.807) is 12.3 Å². The first-order valence-electron chi connectivity index (χ1n) is 6.24. The number of rotatable bonds is 3. The largest absolute Gasteiger partial charge is 0.292 e. The Morgan fingerprint density at radius 1 is 1.56 bits per heavy atom. The van der Waals surface area contributed by atoms with Gasteiger partial charge in [-0.2, -0.15) is 0 Å². The van der Waals surface area contributed by atoms with Crippen LogP contribution in [0.25, 0.3) is 0 Å². The first-order chi connectivity index (χ1) is 8.53. The van der Waals surface area contributed by atoms with E-state index in [4.69, 9.17) is 5.84 Å². The third-order valence-electron chi connectivity index (χ3n) is 3.64. The van der Waals surface area contributed by atoms with Gasteiger partial charge in [-0.05, 0) is 45.4 Å².